The molecule has 0 atom stereocenters. The summed E-state index contributed by atoms with van der Waals surface area (Å²) in [4.78, 5) is 13.3. The monoisotopic (exact) mass is 205 g/mol. The molecule has 1 heterocycles. The maximum absolute atomic E-state index is 12.3. The van der Waals surface area contributed by atoms with Crippen molar-refractivity contribution in [3.8, 4) is 5.88 Å². The van der Waals surface area contributed by atoms with Crippen LogP contribution in [-0.4, -0.2) is 17.9 Å². The highest BCUT2D eigenvalue weighted by Crippen LogP contribution is 2.34. The summed E-state index contributed by atoms with van der Waals surface area (Å²) in [7, 11) is 0. The first-order valence-corrected chi connectivity index (χ1v) is 3.64. The van der Waals surface area contributed by atoms with Gasteiger partial charge < -0.3 is 4.74 Å². The van der Waals surface area contributed by atoms with Crippen LogP contribution in [0.1, 0.15) is 5.56 Å². The summed E-state index contributed by atoms with van der Waals surface area (Å²) >= 11 is 0. The molecule has 0 bridgehead atoms. The largest absolute Gasteiger partial charge is 0.470 e. The van der Waals surface area contributed by atoms with Crippen molar-refractivity contribution in [3.63, 3.8) is 0 Å². The van der Waals surface area contributed by atoms with Gasteiger partial charge >= 0.3 is 6.18 Å². The molecule has 0 amide bonds. The molecule has 1 aromatic rings. The van der Waals surface area contributed by atoms with E-state index in [1.165, 1.54) is 0 Å². The molecule has 0 N–H and O–H groups in total. The maximum Gasteiger partial charge on any atom is 0.421 e. The molecule has 0 aliphatic heterocycles. The second kappa shape index (κ2) is 4.08. The predicted octanol–water partition coefficient (Wildman–Crippen LogP) is 1.68. The normalized spacial score (nSPS) is 11.1. The van der Waals surface area contributed by atoms with Crippen LogP contribution in [0.3, 0.4) is 0 Å². The van der Waals surface area contributed by atoms with E-state index in [-0.39, 0.29) is 0 Å². The van der Waals surface area contributed by atoms with Crippen molar-refractivity contribution >= 4 is 6.29 Å². The number of aldehydes is 1. The third-order valence-electron chi connectivity index (χ3n) is 1.36. The van der Waals surface area contributed by atoms with Crippen LogP contribution < -0.4 is 4.74 Å². The average molecular weight is 205 g/mol. The molecule has 0 saturated carbocycles. The minimum atomic E-state index is -4.52. The molecular weight excluding hydrogens is 199 g/mol. The minimum absolute atomic E-state index is 0.356. The fourth-order valence-electron chi connectivity index (χ4n) is 0.835. The summed E-state index contributed by atoms with van der Waals surface area (Å²) in [5.74, 6) is -0.577. The van der Waals surface area contributed by atoms with Gasteiger partial charge in [0, 0.05) is 6.20 Å². The van der Waals surface area contributed by atoms with E-state index < -0.39 is 24.2 Å². The highest BCUT2D eigenvalue weighted by atomic mass is 19.4. The zero-order valence-corrected chi connectivity index (χ0v) is 6.91. The Morgan fingerprint density at radius 3 is 2.79 bits per heavy atom. The molecule has 0 radical (unpaired) electrons. The Morgan fingerprint density at radius 2 is 2.21 bits per heavy atom. The Balaban J connectivity index is 2.97. The van der Waals surface area contributed by atoms with E-state index in [2.05, 4.69) is 9.72 Å². The standard InChI is InChI=1S/C8H6F3NO2/c9-8(10,11)6-2-1-3-12-7(6)14-5-4-13/h1-4H,5H2. The molecule has 76 valence electrons. The van der Waals surface area contributed by atoms with Crippen molar-refractivity contribution in [1.29, 1.82) is 0 Å². The van der Waals surface area contributed by atoms with Crippen molar-refractivity contribution < 1.29 is 22.7 Å². The van der Waals surface area contributed by atoms with Gasteiger partial charge in [0.15, 0.2) is 6.29 Å². The lowest BCUT2D eigenvalue weighted by atomic mass is 10.2. The molecule has 0 aromatic carbocycles. The number of carbonyl (C=O) groups is 1. The third kappa shape index (κ3) is 2.45. The molecule has 1 rings (SSSR count). The van der Waals surface area contributed by atoms with Crippen molar-refractivity contribution in [2.45, 2.75) is 6.18 Å². The molecule has 0 saturated heterocycles. The summed E-state index contributed by atoms with van der Waals surface area (Å²) in [5, 5.41) is 0. The Hall–Kier alpha value is -1.59. The Labute approximate surface area is 77.5 Å². The summed E-state index contributed by atoms with van der Waals surface area (Å²) in [6.45, 7) is -0.444. The molecule has 0 aliphatic rings. The fourth-order valence-corrected chi connectivity index (χ4v) is 0.835. The lowest BCUT2D eigenvalue weighted by Crippen LogP contribution is -2.10. The Kier molecular flexibility index (Phi) is 3.06. The minimum Gasteiger partial charge on any atom is -0.470 e. The van der Waals surface area contributed by atoms with Gasteiger partial charge in [-0.15, -0.1) is 0 Å². The van der Waals surface area contributed by atoms with Gasteiger partial charge in [-0.25, -0.2) is 4.98 Å². The number of aromatic nitrogens is 1. The Morgan fingerprint density at radius 1 is 1.50 bits per heavy atom. The van der Waals surface area contributed by atoms with Crippen LogP contribution >= 0.6 is 0 Å². The first-order valence-electron chi connectivity index (χ1n) is 3.64. The van der Waals surface area contributed by atoms with Crippen LogP contribution in [0.25, 0.3) is 0 Å². The zero-order chi connectivity index (χ0) is 10.6. The van der Waals surface area contributed by atoms with Crippen LogP contribution in [0.15, 0.2) is 18.3 Å². The first kappa shape index (κ1) is 10.5. The van der Waals surface area contributed by atoms with Crippen LogP contribution in [0.4, 0.5) is 13.2 Å². The quantitative estimate of drug-likeness (QED) is 0.704. The van der Waals surface area contributed by atoms with E-state index in [4.69, 9.17) is 0 Å². The van der Waals surface area contributed by atoms with Gasteiger partial charge in [-0.1, -0.05) is 0 Å². The van der Waals surface area contributed by atoms with E-state index in [0.29, 0.717) is 6.29 Å². The zero-order valence-electron chi connectivity index (χ0n) is 6.91. The average Bonchev–Trinajstić information content (AvgIpc) is 2.14. The molecule has 0 fully saturated rings. The summed E-state index contributed by atoms with van der Waals surface area (Å²) in [6, 6.07) is 1.99. The van der Waals surface area contributed by atoms with E-state index in [1.807, 2.05) is 0 Å². The van der Waals surface area contributed by atoms with E-state index in [0.717, 1.165) is 18.3 Å². The van der Waals surface area contributed by atoms with Crippen LogP contribution in [0, 0.1) is 0 Å². The van der Waals surface area contributed by atoms with Crippen molar-refractivity contribution in [3.05, 3.63) is 23.9 Å². The van der Waals surface area contributed by atoms with Crippen LogP contribution in [0.2, 0.25) is 0 Å². The number of pyridine rings is 1. The van der Waals surface area contributed by atoms with Crippen molar-refractivity contribution in [2.24, 2.45) is 0 Å². The van der Waals surface area contributed by atoms with Gasteiger partial charge in [0.2, 0.25) is 5.88 Å². The topological polar surface area (TPSA) is 39.2 Å². The van der Waals surface area contributed by atoms with Gasteiger partial charge in [0.25, 0.3) is 0 Å². The maximum atomic E-state index is 12.3. The van der Waals surface area contributed by atoms with Crippen molar-refractivity contribution in [2.75, 3.05) is 6.61 Å². The fraction of sp³-hybridized carbons (Fsp3) is 0.250. The second-order valence-electron chi connectivity index (χ2n) is 2.33. The lowest BCUT2D eigenvalue weighted by molar-refractivity contribution is -0.139. The van der Waals surface area contributed by atoms with E-state index in [1.54, 1.807) is 0 Å². The number of nitrogens with zero attached hydrogens (tertiary/aromatic N) is 1. The highest BCUT2D eigenvalue weighted by molar-refractivity contribution is 5.51. The molecular formula is C8H6F3NO2. The number of rotatable bonds is 3. The number of halogens is 3. The van der Waals surface area contributed by atoms with Gasteiger partial charge in [-0.3, -0.25) is 4.79 Å². The second-order valence-corrected chi connectivity index (χ2v) is 2.33. The molecule has 1 aromatic heterocycles. The SMILES string of the molecule is O=CCOc1ncccc1C(F)(F)F. The van der Waals surface area contributed by atoms with Crippen LogP contribution in [-0.2, 0) is 11.0 Å². The molecule has 0 spiro atoms. The van der Waals surface area contributed by atoms with E-state index in [9.17, 15) is 18.0 Å². The van der Waals surface area contributed by atoms with Gasteiger partial charge in [-0.2, -0.15) is 13.2 Å². The summed E-state index contributed by atoms with van der Waals surface area (Å²) in [5.41, 5.74) is -0.984. The Bertz CT molecular complexity index is 325. The number of carbonyl (C=O) groups excluding carboxylic acids is 1. The highest BCUT2D eigenvalue weighted by Gasteiger charge is 2.34. The molecule has 6 heteroatoms. The predicted molar refractivity (Wildman–Crippen MR) is 40.8 cm³/mol. The number of ether oxygens (including phenoxy) is 1. The van der Waals surface area contributed by atoms with Crippen LogP contribution in [0.5, 0.6) is 5.88 Å². The lowest BCUT2D eigenvalue weighted by Gasteiger charge is -2.10. The number of hydrogen-bond donors (Lipinski definition) is 0. The molecule has 14 heavy (non-hydrogen) atoms. The number of hydrogen-bond acceptors (Lipinski definition) is 3. The van der Waals surface area contributed by atoms with Crippen molar-refractivity contribution in [1.82, 2.24) is 4.98 Å². The molecule has 3 nitrogen and oxygen atoms in total. The van der Waals surface area contributed by atoms with E-state index >= 15 is 0 Å². The van der Waals surface area contributed by atoms with Gasteiger partial charge in [-0.05, 0) is 12.1 Å². The third-order valence-corrected chi connectivity index (χ3v) is 1.36. The molecule has 0 unspecified atom stereocenters. The first-order chi connectivity index (χ1) is 6.55. The smallest absolute Gasteiger partial charge is 0.421 e. The van der Waals surface area contributed by atoms with Gasteiger partial charge in [0.05, 0.1) is 0 Å². The number of alkyl halides is 3. The summed E-state index contributed by atoms with van der Waals surface area (Å²) < 4.78 is 41.3. The molecule has 0 aliphatic carbocycles. The summed E-state index contributed by atoms with van der Waals surface area (Å²) in [6.07, 6.45) is -3.00. The van der Waals surface area contributed by atoms with Gasteiger partial charge in [0.1, 0.15) is 12.2 Å².